The molecular formula is C11H21N3O2. The summed E-state index contributed by atoms with van der Waals surface area (Å²) in [5.74, 6) is -0.827. The molecule has 0 saturated heterocycles. The van der Waals surface area contributed by atoms with Crippen LogP contribution in [0.4, 0.5) is 0 Å². The van der Waals surface area contributed by atoms with Gasteiger partial charge in [0, 0.05) is 19.2 Å². The van der Waals surface area contributed by atoms with Crippen LogP contribution in [0, 0.1) is 0 Å². The lowest BCUT2D eigenvalue weighted by molar-refractivity contribution is -0.142. The highest BCUT2D eigenvalue weighted by molar-refractivity contribution is 5.74. The van der Waals surface area contributed by atoms with Gasteiger partial charge in [0.2, 0.25) is 0 Å². The zero-order valence-corrected chi connectivity index (χ0v) is 10.2. The third kappa shape index (κ3) is 5.50. The summed E-state index contributed by atoms with van der Waals surface area (Å²) in [5.41, 5.74) is 0.654. The van der Waals surface area contributed by atoms with E-state index in [0.29, 0.717) is 12.1 Å². The molecule has 5 nitrogen and oxygen atoms in total. The highest BCUT2D eigenvalue weighted by atomic mass is 16.4. The molecule has 2 N–H and O–H groups in total. The molecule has 0 fully saturated rings. The van der Waals surface area contributed by atoms with Gasteiger partial charge in [0.25, 0.3) is 0 Å². The Morgan fingerprint density at radius 2 is 2.31 bits per heavy atom. The maximum atomic E-state index is 11.1. The van der Waals surface area contributed by atoms with Crippen LogP contribution < -0.4 is 5.32 Å². The second-order valence-corrected chi connectivity index (χ2v) is 3.67. The molecule has 0 heterocycles. The summed E-state index contributed by atoms with van der Waals surface area (Å²) in [7, 11) is 3.45. The van der Waals surface area contributed by atoms with Crippen molar-refractivity contribution in [2.45, 2.75) is 25.8 Å². The van der Waals surface area contributed by atoms with Crippen molar-refractivity contribution in [1.29, 1.82) is 0 Å². The summed E-state index contributed by atoms with van der Waals surface area (Å²) in [6, 6.07) is -0.537. The van der Waals surface area contributed by atoms with Gasteiger partial charge in [0.1, 0.15) is 6.04 Å². The van der Waals surface area contributed by atoms with Crippen LogP contribution in [0.5, 0.6) is 0 Å². The number of carboxylic acid groups (broad SMARTS) is 1. The third-order valence-corrected chi connectivity index (χ3v) is 2.23. The minimum Gasteiger partial charge on any atom is -0.480 e. The first-order chi connectivity index (χ1) is 7.52. The largest absolute Gasteiger partial charge is 0.480 e. The van der Waals surface area contributed by atoms with Crippen molar-refractivity contribution in [2.24, 2.45) is 4.99 Å². The van der Waals surface area contributed by atoms with Crippen LogP contribution in [0.25, 0.3) is 0 Å². The molecule has 0 rings (SSSR count). The molecule has 0 aliphatic rings. The van der Waals surface area contributed by atoms with Gasteiger partial charge in [-0.15, -0.1) is 0 Å². The second-order valence-electron chi connectivity index (χ2n) is 3.67. The first kappa shape index (κ1) is 14.6. The highest BCUT2D eigenvalue weighted by Gasteiger charge is 2.22. The minimum atomic E-state index is -0.827. The van der Waals surface area contributed by atoms with E-state index in [1.54, 1.807) is 7.05 Å². The van der Waals surface area contributed by atoms with Crippen LogP contribution in [-0.2, 0) is 4.79 Å². The molecule has 0 aromatic carbocycles. The van der Waals surface area contributed by atoms with Crippen molar-refractivity contribution in [3.63, 3.8) is 0 Å². The fraction of sp³-hybridized carbons (Fsp3) is 0.636. The molecule has 0 bridgehead atoms. The van der Waals surface area contributed by atoms with Gasteiger partial charge in [-0.05, 0) is 20.0 Å². The lowest BCUT2D eigenvalue weighted by atomic mass is 10.1. The number of carboxylic acids is 1. The van der Waals surface area contributed by atoms with Crippen molar-refractivity contribution in [3.8, 4) is 0 Å². The average Bonchev–Trinajstić information content (AvgIpc) is 2.22. The number of likely N-dealkylation sites (N-methyl/N-ethyl adjacent to an activating group) is 1. The number of aliphatic imine (C=N–C) groups is 1. The molecule has 0 saturated carbocycles. The van der Waals surface area contributed by atoms with Gasteiger partial charge in [-0.2, -0.15) is 0 Å². The number of rotatable bonds is 8. The Hall–Kier alpha value is -1.36. The maximum Gasteiger partial charge on any atom is 0.321 e. The molecule has 0 radical (unpaired) electrons. The molecule has 92 valence electrons. The van der Waals surface area contributed by atoms with Gasteiger partial charge in [-0.3, -0.25) is 14.7 Å². The van der Waals surface area contributed by atoms with Crippen LogP contribution in [-0.4, -0.2) is 49.0 Å². The van der Waals surface area contributed by atoms with Crippen LogP contribution in [0.2, 0.25) is 0 Å². The Balaban J connectivity index is 4.33. The smallest absolute Gasteiger partial charge is 0.321 e. The van der Waals surface area contributed by atoms with E-state index < -0.39 is 12.0 Å². The standard InChI is InChI=1S/C11H21N3O2/c1-5-6-14(4)10(11(15)16)7-9(2)13-8-12-3/h8,10H,2,5-7H2,1,3-4H3,(H,12,13)(H,15,16)/t10-/m0/s1. The number of aliphatic carboxylic acids is 1. The van der Waals surface area contributed by atoms with Crippen molar-refractivity contribution in [1.82, 2.24) is 10.2 Å². The van der Waals surface area contributed by atoms with E-state index in [2.05, 4.69) is 16.9 Å². The molecule has 0 aliphatic carbocycles. The third-order valence-electron chi connectivity index (χ3n) is 2.23. The lowest BCUT2D eigenvalue weighted by Gasteiger charge is -2.24. The van der Waals surface area contributed by atoms with E-state index in [-0.39, 0.29) is 0 Å². The Morgan fingerprint density at radius 3 is 2.75 bits per heavy atom. The lowest BCUT2D eigenvalue weighted by Crippen LogP contribution is -2.40. The predicted octanol–water partition coefficient (Wildman–Crippen LogP) is 0.933. The second kappa shape index (κ2) is 7.87. The zero-order valence-electron chi connectivity index (χ0n) is 10.2. The van der Waals surface area contributed by atoms with Gasteiger partial charge >= 0.3 is 5.97 Å². The molecule has 0 spiro atoms. The van der Waals surface area contributed by atoms with E-state index in [1.807, 2.05) is 18.9 Å². The van der Waals surface area contributed by atoms with Crippen LogP contribution in [0.1, 0.15) is 19.8 Å². The van der Waals surface area contributed by atoms with Gasteiger partial charge in [0.15, 0.2) is 0 Å². The first-order valence-corrected chi connectivity index (χ1v) is 5.30. The highest BCUT2D eigenvalue weighted by Crippen LogP contribution is 2.07. The number of hydrogen-bond donors (Lipinski definition) is 2. The average molecular weight is 227 g/mol. The molecule has 0 aliphatic heterocycles. The van der Waals surface area contributed by atoms with Crippen molar-refractivity contribution in [2.75, 3.05) is 20.6 Å². The van der Waals surface area contributed by atoms with E-state index in [9.17, 15) is 4.79 Å². The predicted molar refractivity (Wildman–Crippen MR) is 65.7 cm³/mol. The first-order valence-electron chi connectivity index (χ1n) is 5.30. The van der Waals surface area contributed by atoms with Gasteiger partial charge in [-0.1, -0.05) is 13.5 Å². The summed E-state index contributed by atoms with van der Waals surface area (Å²) in [6.07, 6.45) is 2.80. The molecule has 1 atom stereocenters. The Bertz CT molecular complexity index is 264. The van der Waals surface area contributed by atoms with Crippen LogP contribution in [0.15, 0.2) is 17.3 Å². The zero-order chi connectivity index (χ0) is 12.6. The number of nitrogens with one attached hydrogen (secondary N) is 1. The summed E-state index contributed by atoms with van der Waals surface area (Å²) < 4.78 is 0. The minimum absolute atomic E-state index is 0.373. The summed E-state index contributed by atoms with van der Waals surface area (Å²) in [4.78, 5) is 16.6. The van der Waals surface area contributed by atoms with Crippen molar-refractivity contribution < 1.29 is 9.90 Å². The Kier molecular flexibility index (Phi) is 7.20. The van der Waals surface area contributed by atoms with E-state index in [4.69, 9.17) is 5.11 Å². The topological polar surface area (TPSA) is 64.9 Å². The van der Waals surface area contributed by atoms with Crippen LogP contribution in [0.3, 0.4) is 0 Å². The summed E-state index contributed by atoms with van der Waals surface area (Å²) in [6.45, 7) is 6.54. The van der Waals surface area contributed by atoms with E-state index in [1.165, 1.54) is 6.34 Å². The molecule has 5 heteroatoms. The fourth-order valence-corrected chi connectivity index (χ4v) is 1.39. The van der Waals surface area contributed by atoms with E-state index in [0.717, 1.165) is 13.0 Å². The molecule has 16 heavy (non-hydrogen) atoms. The monoisotopic (exact) mass is 227 g/mol. The summed E-state index contributed by atoms with van der Waals surface area (Å²) in [5, 5.41) is 11.9. The fourth-order valence-electron chi connectivity index (χ4n) is 1.39. The Morgan fingerprint density at radius 1 is 1.69 bits per heavy atom. The van der Waals surface area contributed by atoms with E-state index >= 15 is 0 Å². The number of hydrogen-bond acceptors (Lipinski definition) is 3. The van der Waals surface area contributed by atoms with Gasteiger partial charge in [-0.25, -0.2) is 0 Å². The summed E-state index contributed by atoms with van der Waals surface area (Å²) >= 11 is 0. The SMILES string of the molecule is C=C(C[C@@H](C(=O)O)N(C)CCC)NC=NC. The van der Waals surface area contributed by atoms with Crippen molar-refractivity contribution in [3.05, 3.63) is 12.3 Å². The molecular weight excluding hydrogens is 206 g/mol. The molecule has 0 amide bonds. The molecule has 0 unspecified atom stereocenters. The maximum absolute atomic E-state index is 11.1. The van der Waals surface area contributed by atoms with Crippen LogP contribution >= 0.6 is 0 Å². The molecule has 0 aromatic rings. The normalized spacial score (nSPS) is 13.0. The quantitative estimate of drug-likeness (QED) is 0.478. The number of carbonyl (C=O) groups is 1. The van der Waals surface area contributed by atoms with Crippen molar-refractivity contribution >= 4 is 12.3 Å². The Labute approximate surface area is 96.9 Å². The molecule has 0 aromatic heterocycles. The van der Waals surface area contributed by atoms with Gasteiger partial charge in [0.05, 0.1) is 6.34 Å². The number of nitrogens with zero attached hydrogens (tertiary/aromatic N) is 2. The van der Waals surface area contributed by atoms with Gasteiger partial charge < -0.3 is 10.4 Å².